The monoisotopic (exact) mass is 401 g/mol. The molecule has 0 aromatic heterocycles. The summed E-state index contributed by atoms with van der Waals surface area (Å²) in [6.45, 7) is 4.95. The van der Waals surface area contributed by atoms with Crippen molar-refractivity contribution in [1.29, 1.82) is 0 Å². The van der Waals surface area contributed by atoms with Gasteiger partial charge in [-0.1, -0.05) is 18.2 Å². The van der Waals surface area contributed by atoms with Crippen molar-refractivity contribution in [2.75, 3.05) is 41.0 Å². The molecule has 0 aromatic carbocycles. The van der Waals surface area contributed by atoms with E-state index in [-0.39, 0.29) is 12.0 Å². The molecule has 9 heteroatoms. The van der Waals surface area contributed by atoms with Crippen molar-refractivity contribution in [3.8, 4) is 0 Å². The van der Waals surface area contributed by atoms with Gasteiger partial charge in [0.1, 0.15) is 0 Å². The van der Waals surface area contributed by atoms with Crippen molar-refractivity contribution in [1.82, 2.24) is 4.90 Å². The average molecular weight is 402 g/mol. The van der Waals surface area contributed by atoms with E-state index in [9.17, 15) is 9.59 Å². The van der Waals surface area contributed by atoms with Crippen molar-refractivity contribution in [3.05, 3.63) is 23.8 Å². The Labute approximate surface area is 161 Å². The minimum Gasteiger partial charge on any atom is -0.481 e. The molecule has 2 aliphatic rings. The molecule has 1 fully saturated rings. The van der Waals surface area contributed by atoms with Crippen LogP contribution in [0.2, 0.25) is 6.04 Å². The first-order chi connectivity index (χ1) is 12.7. The van der Waals surface area contributed by atoms with Crippen molar-refractivity contribution in [2.45, 2.75) is 32.2 Å². The van der Waals surface area contributed by atoms with Gasteiger partial charge in [0.05, 0.1) is 5.41 Å². The summed E-state index contributed by atoms with van der Waals surface area (Å²) >= 11 is 0. The van der Waals surface area contributed by atoms with Gasteiger partial charge in [-0.3, -0.25) is 4.79 Å². The van der Waals surface area contributed by atoms with Crippen LogP contribution in [-0.4, -0.2) is 76.8 Å². The first kappa shape index (κ1) is 23.5. The molecule has 1 unspecified atom stereocenters. The predicted molar refractivity (Wildman–Crippen MR) is 102 cm³/mol. The minimum absolute atomic E-state index is 0.0359. The second-order valence-electron chi connectivity index (χ2n) is 6.85. The number of likely N-dealkylation sites (tertiary alicyclic amines) is 1. The highest BCUT2D eigenvalue weighted by Crippen LogP contribution is 2.31. The Balaban J connectivity index is 0.000000271. The van der Waals surface area contributed by atoms with Crippen LogP contribution in [0.5, 0.6) is 0 Å². The van der Waals surface area contributed by atoms with E-state index >= 15 is 0 Å². The van der Waals surface area contributed by atoms with E-state index in [2.05, 4.69) is 4.90 Å². The Kier molecular flexibility index (Phi) is 9.34. The number of carbonyl (C=O) groups is 2. The Morgan fingerprint density at radius 3 is 2.15 bits per heavy atom. The summed E-state index contributed by atoms with van der Waals surface area (Å²) in [5.41, 5.74) is -0.949. The molecule has 0 radical (unpaired) electrons. The summed E-state index contributed by atoms with van der Waals surface area (Å²) < 4.78 is 16.1. The predicted octanol–water partition coefficient (Wildman–Crippen LogP) is 2.01. The summed E-state index contributed by atoms with van der Waals surface area (Å²) in [6.07, 6.45) is 7.08. The van der Waals surface area contributed by atoms with E-state index in [1.54, 1.807) is 21.3 Å². The Morgan fingerprint density at radius 1 is 1.15 bits per heavy atom. The molecular weight excluding hydrogens is 370 g/mol. The fourth-order valence-electron chi connectivity index (χ4n) is 3.04. The molecule has 0 aromatic rings. The molecule has 1 aliphatic heterocycles. The van der Waals surface area contributed by atoms with Gasteiger partial charge in [-0.25, -0.2) is 4.79 Å². The first-order valence-electron chi connectivity index (χ1n) is 8.95. The van der Waals surface area contributed by atoms with E-state index in [1.807, 2.05) is 0 Å². The van der Waals surface area contributed by atoms with E-state index in [1.165, 1.54) is 51.1 Å². The van der Waals surface area contributed by atoms with Crippen LogP contribution in [0.1, 0.15) is 26.2 Å². The molecule has 0 spiro atoms. The molecule has 8 nitrogen and oxygen atoms in total. The number of carboxylic acids is 2. The van der Waals surface area contributed by atoms with Crippen molar-refractivity contribution < 1.29 is 33.1 Å². The molecule has 1 atom stereocenters. The SMILES string of the molecule is CC1(C(=O)O)C=CC=C(C(=O)O)C1.CO[Si](CCN1CCCC1)(OC)OC. The second-order valence-corrected chi connectivity index (χ2v) is 9.94. The summed E-state index contributed by atoms with van der Waals surface area (Å²) in [5.74, 6) is -2.06. The van der Waals surface area contributed by atoms with E-state index in [4.69, 9.17) is 23.5 Å². The lowest BCUT2D eigenvalue weighted by Crippen LogP contribution is -2.45. The molecule has 0 amide bonds. The van der Waals surface area contributed by atoms with Crippen LogP contribution in [0.15, 0.2) is 23.8 Å². The number of allylic oxidation sites excluding steroid dienone is 2. The third-order valence-electron chi connectivity index (χ3n) is 4.95. The van der Waals surface area contributed by atoms with Crippen molar-refractivity contribution >= 4 is 20.7 Å². The zero-order chi connectivity index (χ0) is 20.5. The normalized spacial score (nSPS) is 22.7. The molecule has 0 bridgehead atoms. The van der Waals surface area contributed by atoms with E-state index in [0.717, 1.165) is 12.6 Å². The zero-order valence-electron chi connectivity index (χ0n) is 16.6. The van der Waals surface area contributed by atoms with Crippen LogP contribution >= 0.6 is 0 Å². The Morgan fingerprint density at radius 2 is 1.70 bits per heavy atom. The number of rotatable bonds is 8. The second kappa shape index (κ2) is 10.7. The topological polar surface area (TPSA) is 106 Å². The molecular formula is C18H31NO7Si. The van der Waals surface area contributed by atoms with Crippen LogP contribution in [0.4, 0.5) is 0 Å². The third kappa shape index (κ3) is 6.85. The van der Waals surface area contributed by atoms with Gasteiger partial charge < -0.3 is 28.4 Å². The highest BCUT2D eigenvalue weighted by molar-refractivity contribution is 6.60. The number of nitrogens with zero attached hydrogens (tertiary/aromatic N) is 1. The van der Waals surface area contributed by atoms with Crippen LogP contribution in [0.25, 0.3) is 0 Å². The van der Waals surface area contributed by atoms with E-state index in [0.29, 0.717) is 0 Å². The molecule has 27 heavy (non-hydrogen) atoms. The fraction of sp³-hybridized carbons (Fsp3) is 0.667. The number of aliphatic carboxylic acids is 2. The fourth-order valence-corrected chi connectivity index (χ4v) is 4.74. The quantitative estimate of drug-likeness (QED) is 0.595. The standard InChI is InChI=1S/C9H21NO3Si.C9H10O4/c1-11-14(12-2,13-3)9-8-10-6-4-5-7-10;1-9(8(12)13)4-2-3-6(5-9)7(10)11/h4-9H2,1-3H3;2-4H,5H2,1H3,(H,10,11)(H,12,13). The molecule has 1 saturated heterocycles. The summed E-state index contributed by atoms with van der Waals surface area (Å²) in [7, 11) is 2.68. The van der Waals surface area contributed by atoms with Crippen LogP contribution in [-0.2, 0) is 22.9 Å². The molecule has 2 rings (SSSR count). The van der Waals surface area contributed by atoms with Gasteiger partial charge in [0.15, 0.2) is 0 Å². The molecule has 0 saturated carbocycles. The maximum atomic E-state index is 10.8. The van der Waals surface area contributed by atoms with Gasteiger partial charge >= 0.3 is 20.7 Å². The number of carboxylic acid groups (broad SMARTS) is 2. The molecule has 1 heterocycles. The molecule has 2 N–H and O–H groups in total. The minimum atomic E-state index is -2.33. The van der Waals surface area contributed by atoms with Gasteiger partial charge in [-0.05, 0) is 39.3 Å². The van der Waals surface area contributed by atoms with Gasteiger partial charge in [-0.2, -0.15) is 0 Å². The van der Waals surface area contributed by atoms with Crippen molar-refractivity contribution in [2.24, 2.45) is 5.41 Å². The number of hydrogen-bond acceptors (Lipinski definition) is 6. The Bertz CT molecular complexity index is 560. The van der Waals surface area contributed by atoms with Crippen LogP contribution in [0.3, 0.4) is 0 Å². The molecule has 154 valence electrons. The van der Waals surface area contributed by atoms with Gasteiger partial charge in [0.2, 0.25) is 0 Å². The lowest BCUT2D eigenvalue weighted by atomic mass is 9.80. The maximum Gasteiger partial charge on any atom is 0.501 e. The third-order valence-corrected chi connectivity index (χ3v) is 7.65. The average Bonchev–Trinajstić information content (AvgIpc) is 3.17. The summed E-state index contributed by atoms with van der Waals surface area (Å²) in [4.78, 5) is 23.8. The Hall–Kier alpha value is -1.52. The zero-order valence-corrected chi connectivity index (χ0v) is 17.6. The van der Waals surface area contributed by atoms with Crippen molar-refractivity contribution in [3.63, 3.8) is 0 Å². The van der Waals surface area contributed by atoms with Gasteiger partial charge in [0.25, 0.3) is 0 Å². The van der Waals surface area contributed by atoms with Crippen LogP contribution < -0.4 is 0 Å². The number of hydrogen-bond donors (Lipinski definition) is 2. The summed E-state index contributed by atoms with van der Waals surface area (Å²) in [5, 5.41) is 17.5. The highest BCUT2D eigenvalue weighted by atomic mass is 28.4. The van der Waals surface area contributed by atoms with Gasteiger partial charge in [0, 0.05) is 39.5 Å². The van der Waals surface area contributed by atoms with E-state index < -0.39 is 26.2 Å². The maximum absolute atomic E-state index is 10.8. The largest absolute Gasteiger partial charge is 0.501 e. The highest BCUT2D eigenvalue weighted by Gasteiger charge is 2.38. The smallest absolute Gasteiger partial charge is 0.481 e. The molecule has 1 aliphatic carbocycles. The lowest BCUT2D eigenvalue weighted by molar-refractivity contribution is -0.145. The van der Waals surface area contributed by atoms with Crippen LogP contribution in [0, 0.1) is 5.41 Å². The summed E-state index contributed by atoms with van der Waals surface area (Å²) in [6, 6.07) is 0.885. The first-order valence-corrected chi connectivity index (χ1v) is 10.9. The lowest BCUT2D eigenvalue weighted by Gasteiger charge is -2.26. The van der Waals surface area contributed by atoms with Gasteiger partial charge in [-0.15, -0.1) is 0 Å².